The van der Waals surface area contributed by atoms with Crippen molar-refractivity contribution in [2.24, 2.45) is 5.92 Å². The van der Waals surface area contributed by atoms with E-state index in [-0.39, 0.29) is 16.6 Å². The Bertz CT molecular complexity index is 572. The highest BCUT2D eigenvalue weighted by Gasteiger charge is 2.30. The fourth-order valence-corrected chi connectivity index (χ4v) is 4.18. The lowest BCUT2D eigenvalue weighted by Crippen LogP contribution is -2.41. The molecule has 1 aromatic rings. The molecule has 20 heavy (non-hydrogen) atoms. The fourth-order valence-electron chi connectivity index (χ4n) is 2.54. The Morgan fingerprint density at radius 3 is 2.85 bits per heavy atom. The van der Waals surface area contributed by atoms with Crippen molar-refractivity contribution < 1.29 is 17.5 Å². The second-order valence-corrected chi connectivity index (χ2v) is 7.18. The SMILES string of the molecule is COCC1CCCN(S(=O)(=O)c2ccc(F)c(C)c2)C1. The number of hydrogen-bond acceptors (Lipinski definition) is 3. The van der Waals surface area contributed by atoms with Crippen molar-refractivity contribution in [3.8, 4) is 0 Å². The number of piperidine rings is 1. The number of rotatable bonds is 4. The van der Waals surface area contributed by atoms with Gasteiger partial charge in [0.05, 0.1) is 11.5 Å². The molecular weight excluding hydrogens is 281 g/mol. The van der Waals surface area contributed by atoms with E-state index in [1.165, 1.54) is 22.5 Å². The van der Waals surface area contributed by atoms with Crippen LogP contribution in [-0.4, -0.2) is 39.5 Å². The molecule has 1 saturated heterocycles. The molecule has 112 valence electrons. The summed E-state index contributed by atoms with van der Waals surface area (Å²) in [6.45, 7) is 3.11. The molecule has 1 unspecified atom stereocenters. The molecule has 0 aliphatic carbocycles. The van der Waals surface area contributed by atoms with Crippen LogP contribution in [-0.2, 0) is 14.8 Å². The number of hydrogen-bond donors (Lipinski definition) is 0. The topological polar surface area (TPSA) is 46.6 Å². The Balaban J connectivity index is 2.23. The molecule has 0 N–H and O–H groups in total. The van der Waals surface area contributed by atoms with Crippen LogP contribution in [0, 0.1) is 18.7 Å². The third-order valence-corrected chi connectivity index (χ3v) is 5.51. The van der Waals surface area contributed by atoms with E-state index in [1.807, 2.05) is 0 Å². The molecule has 1 aliphatic heterocycles. The van der Waals surface area contributed by atoms with E-state index in [1.54, 1.807) is 14.0 Å². The summed E-state index contributed by atoms with van der Waals surface area (Å²) in [6, 6.07) is 3.93. The molecule has 1 aromatic carbocycles. The fraction of sp³-hybridized carbons (Fsp3) is 0.571. The molecule has 4 nitrogen and oxygen atoms in total. The Kier molecular flexibility index (Phi) is 4.78. The van der Waals surface area contributed by atoms with E-state index in [4.69, 9.17) is 4.74 Å². The number of sulfonamides is 1. The summed E-state index contributed by atoms with van der Waals surface area (Å²) in [7, 11) is -1.92. The number of nitrogens with zero attached hydrogens (tertiary/aromatic N) is 1. The summed E-state index contributed by atoms with van der Waals surface area (Å²) in [5, 5.41) is 0. The van der Waals surface area contributed by atoms with Crippen LogP contribution in [0.15, 0.2) is 23.1 Å². The van der Waals surface area contributed by atoms with Gasteiger partial charge in [-0.25, -0.2) is 12.8 Å². The highest BCUT2D eigenvalue weighted by molar-refractivity contribution is 7.89. The van der Waals surface area contributed by atoms with Gasteiger partial charge in [-0.1, -0.05) is 0 Å². The van der Waals surface area contributed by atoms with Crippen LogP contribution in [0.2, 0.25) is 0 Å². The van der Waals surface area contributed by atoms with Crippen LogP contribution in [0.4, 0.5) is 4.39 Å². The first-order valence-corrected chi connectivity index (χ1v) is 8.14. The van der Waals surface area contributed by atoms with Gasteiger partial charge < -0.3 is 4.74 Å². The predicted molar refractivity (Wildman–Crippen MR) is 74.5 cm³/mol. The maximum absolute atomic E-state index is 13.3. The van der Waals surface area contributed by atoms with Crippen molar-refractivity contribution >= 4 is 10.0 Å². The molecule has 1 aliphatic rings. The van der Waals surface area contributed by atoms with E-state index in [2.05, 4.69) is 0 Å². The van der Waals surface area contributed by atoms with Gasteiger partial charge in [0.2, 0.25) is 10.0 Å². The minimum Gasteiger partial charge on any atom is -0.384 e. The van der Waals surface area contributed by atoms with Crippen molar-refractivity contribution in [1.82, 2.24) is 4.31 Å². The third-order valence-electron chi connectivity index (χ3n) is 3.65. The van der Waals surface area contributed by atoms with Crippen LogP contribution < -0.4 is 0 Å². The average molecular weight is 301 g/mol. The molecule has 1 atom stereocenters. The molecule has 0 bridgehead atoms. The first kappa shape index (κ1) is 15.4. The molecular formula is C14H20FNO3S. The van der Waals surface area contributed by atoms with Crippen LogP contribution >= 0.6 is 0 Å². The molecule has 6 heteroatoms. The largest absolute Gasteiger partial charge is 0.384 e. The minimum absolute atomic E-state index is 0.162. The van der Waals surface area contributed by atoms with Gasteiger partial charge >= 0.3 is 0 Å². The Morgan fingerprint density at radius 1 is 1.45 bits per heavy atom. The summed E-state index contributed by atoms with van der Waals surface area (Å²) in [5.74, 6) is -0.162. The third kappa shape index (κ3) is 3.19. The minimum atomic E-state index is -3.54. The lowest BCUT2D eigenvalue weighted by atomic mass is 10.0. The number of aryl methyl sites for hydroxylation is 1. The van der Waals surface area contributed by atoms with Crippen molar-refractivity contribution in [2.45, 2.75) is 24.7 Å². The summed E-state index contributed by atoms with van der Waals surface area (Å²) >= 11 is 0. The molecule has 0 spiro atoms. The average Bonchev–Trinajstić information content (AvgIpc) is 2.42. The summed E-state index contributed by atoms with van der Waals surface area (Å²) in [6.07, 6.45) is 1.80. The zero-order valence-corrected chi connectivity index (χ0v) is 12.6. The first-order chi connectivity index (χ1) is 9.45. The van der Waals surface area contributed by atoms with Crippen molar-refractivity contribution in [3.05, 3.63) is 29.6 Å². The standard InChI is InChI=1S/C14H20FNO3S/c1-11-8-13(5-6-14(11)15)20(17,18)16-7-3-4-12(9-16)10-19-2/h5-6,8,12H,3-4,7,9-10H2,1-2H3. The Labute approximate surface area is 119 Å². The van der Waals surface area contributed by atoms with Crippen molar-refractivity contribution in [3.63, 3.8) is 0 Å². The van der Waals surface area contributed by atoms with Gasteiger partial charge in [-0.3, -0.25) is 0 Å². The Morgan fingerprint density at radius 2 is 2.20 bits per heavy atom. The second-order valence-electron chi connectivity index (χ2n) is 5.24. The molecule has 0 saturated carbocycles. The lowest BCUT2D eigenvalue weighted by Gasteiger charge is -2.31. The van der Waals surface area contributed by atoms with Gasteiger partial charge in [0.15, 0.2) is 0 Å². The number of methoxy groups -OCH3 is 1. The molecule has 0 amide bonds. The van der Waals surface area contributed by atoms with Gasteiger partial charge in [-0.05, 0) is 49.4 Å². The van der Waals surface area contributed by atoms with Crippen molar-refractivity contribution in [2.75, 3.05) is 26.8 Å². The normalized spacial score (nSPS) is 21.1. The Hall–Kier alpha value is -0.980. The molecule has 0 aromatic heterocycles. The van der Waals surface area contributed by atoms with Crippen molar-refractivity contribution in [1.29, 1.82) is 0 Å². The molecule has 1 fully saturated rings. The van der Waals surface area contributed by atoms with Gasteiger partial charge in [-0.2, -0.15) is 4.31 Å². The van der Waals surface area contributed by atoms with Gasteiger partial charge in [-0.15, -0.1) is 0 Å². The van der Waals surface area contributed by atoms with Gasteiger partial charge in [0.25, 0.3) is 0 Å². The maximum Gasteiger partial charge on any atom is 0.243 e. The van der Waals surface area contributed by atoms with Gasteiger partial charge in [0, 0.05) is 20.2 Å². The first-order valence-electron chi connectivity index (χ1n) is 6.70. The van der Waals surface area contributed by atoms with E-state index < -0.39 is 10.0 Å². The number of halogens is 1. The second kappa shape index (κ2) is 6.20. The summed E-state index contributed by atoms with van der Waals surface area (Å²) in [4.78, 5) is 0.162. The highest BCUT2D eigenvalue weighted by atomic mass is 32.2. The molecule has 2 rings (SSSR count). The predicted octanol–water partition coefficient (Wildman–Crippen LogP) is 2.18. The highest BCUT2D eigenvalue weighted by Crippen LogP contribution is 2.24. The number of benzene rings is 1. The van der Waals surface area contributed by atoms with Crippen LogP contribution in [0.5, 0.6) is 0 Å². The number of ether oxygens (including phenoxy) is 1. The maximum atomic E-state index is 13.3. The van der Waals surface area contributed by atoms with Crippen LogP contribution in [0.3, 0.4) is 0 Å². The summed E-state index contributed by atoms with van der Waals surface area (Å²) < 4.78 is 45.0. The van der Waals surface area contributed by atoms with Gasteiger partial charge in [0.1, 0.15) is 5.82 Å². The van der Waals surface area contributed by atoms with E-state index >= 15 is 0 Å². The zero-order valence-electron chi connectivity index (χ0n) is 11.8. The lowest BCUT2D eigenvalue weighted by molar-refractivity contribution is 0.118. The molecule has 1 heterocycles. The van der Waals surface area contributed by atoms with Crippen LogP contribution in [0.25, 0.3) is 0 Å². The van der Waals surface area contributed by atoms with E-state index in [0.29, 0.717) is 25.3 Å². The molecule has 0 radical (unpaired) electrons. The van der Waals surface area contributed by atoms with E-state index in [0.717, 1.165) is 12.8 Å². The summed E-state index contributed by atoms with van der Waals surface area (Å²) in [5.41, 5.74) is 0.344. The van der Waals surface area contributed by atoms with Crippen LogP contribution in [0.1, 0.15) is 18.4 Å². The van der Waals surface area contributed by atoms with E-state index in [9.17, 15) is 12.8 Å². The smallest absolute Gasteiger partial charge is 0.243 e. The monoisotopic (exact) mass is 301 g/mol. The zero-order chi connectivity index (χ0) is 14.8. The quantitative estimate of drug-likeness (QED) is 0.856.